The van der Waals surface area contributed by atoms with Crippen molar-refractivity contribution in [2.45, 2.75) is 6.54 Å². The highest BCUT2D eigenvalue weighted by molar-refractivity contribution is 6.32. The van der Waals surface area contributed by atoms with Gasteiger partial charge in [-0.15, -0.1) is 0 Å². The zero-order chi connectivity index (χ0) is 14.7. The first-order valence-corrected chi connectivity index (χ1v) is 6.24. The molecule has 5 heteroatoms. The third-order valence-corrected chi connectivity index (χ3v) is 3.27. The zero-order valence-electron chi connectivity index (χ0n) is 10.7. The molecule has 2 rings (SSSR count). The van der Waals surface area contributed by atoms with E-state index in [0.29, 0.717) is 10.6 Å². The number of hydrogen-bond acceptors (Lipinski definition) is 2. The number of rotatable bonds is 3. The maximum atomic E-state index is 13.6. The lowest BCUT2D eigenvalue weighted by molar-refractivity contribution is 0.498. The summed E-state index contributed by atoms with van der Waals surface area (Å²) in [7, 11) is 1.74. The van der Waals surface area contributed by atoms with Gasteiger partial charge in [0, 0.05) is 24.8 Å². The fourth-order valence-electron chi connectivity index (χ4n) is 1.85. The van der Waals surface area contributed by atoms with E-state index in [2.05, 4.69) is 0 Å². The molecule has 0 amide bonds. The highest BCUT2D eigenvalue weighted by Gasteiger charge is 2.11. The predicted molar refractivity (Wildman–Crippen MR) is 74.6 cm³/mol. The number of nitriles is 1. The maximum absolute atomic E-state index is 13.6. The predicted octanol–water partition coefficient (Wildman–Crippen LogP) is 4.13. The fourth-order valence-corrected chi connectivity index (χ4v) is 2.07. The lowest BCUT2D eigenvalue weighted by atomic mass is 10.1. The summed E-state index contributed by atoms with van der Waals surface area (Å²) in [6, 6.07) is 11.0. The van der Waals surface area contributed by atoms with E-state index in [4.69, 9.17) is 16.9 Å². The largest absolute Gasteiger partial charge is 0.370 e. The Morgan fingerprint density at radius 3 is 2.65 bits per heavy atom. The number of benzene rings is 2. The molecule has 0 fully saturated rings. The molecule has 2 aromatic carbocycles. The van der Waals surface area contributed by atoms with Crippen molar-refractivity contribution in [2.75, 3.05) is 11.9 Å². The molecule has 0 atom stereocenters. The van der Waals surface area contributed by atoms with Gasteiger partial charge in [0.1, 0.15) is 6.07 Å². The second kappa shape index (κ2) is 5.89. The topological polar surface area (TPSA) is 27.0 Å². The standard InChI is InChI=1S/C15H11ClF2N2/c1-20(9-11-3-2-4-14(17)15(11)18)12-6-5-10(8-19)13(16)7-12/h2-7H,9H2,1H3. The van der Waals surface area contributed by atoms with Gasteiger partial charge in [0.2, 0.25) is 0 Å². The smallest absolute Gasteiger partial charge is 0.163 e. The highest BCUT2D eigenvalue weighted by Crippen LogP contribution is 2.24. The van der Waals surface area contributed by atoms with Gasteiger partial charge in [0.05, 0.1) is 10.6 Å². The molecular formula is C15H11ClF2N2. The number of anilines is 1. The van der Waals surface area contributed by atoms with Crippen molar-refractivity contribution in [2.24, 2.45) is 0 Å². The van der Waals surface area contributed by atoms with Crippen LogP contribution in [0.2, 0.25) is 5.02 Å². The van der Waals surface area contributed by atoms with Gasteiger partial charge in [-0.1, -0.05) is 23.7 Å². The zero-order valence-corrected chi connectivity index (χ0v) is 11.5. The third-order valence-electron chi connectivity index (χ3n) is 2.95. The van der Waals surface area contributed by atoms with Crippen LogP contribution in [0.25, 0.3) is 0 Å². The molecule has 0 saturated carbocycles. The van der Waals surface area contributed by atoms with Crippen molar-refractivity contribution >= 4 is 17.3 Å². The van der Waals surface area contributed by atoms with E-state index in [0.717, 1.165) is 11.8 Å². The number of halogens is 3. The van der Waals surface area contributed by atoms with E-state index in [-0.39, 0.29) is 12.1 Å². The molecule has 0 saturated heterocycles. The van der Waals surface area contributed by atoms with Crippen LogP contribution in [0.15, 0.2) is 36.4 Å². The Morgan fingerprint density at radius 2 is 2.00 bits per heavy atom. The molecule has 0 aliphatic heterocycles. The van der Waals surface area contributed by atoms with Gasteiger partial charge in [0.15, 0.2) is 11.6 Å². The Kier molecular flexibility index (Phi) is 4.21. The van der Waals surface area contributed by atoms with Crippen LogP contribution in [0.1, 0.15) is 11.1 Å². The molecule has 0 unspecified atom stereocenters. The van der Waals surface area contributed by atoms with E-state index in [9.17, 15) is 8.78 Å². The molecule has 0 N–H and O–H groups in total. The van der Waals surface area contributed by atoms with Crippen LogP contribution in [-0.2, 0) is 6.54 Å². The summed E-state index contributed by atoms with van der Waals surface area (Å²) >= 11 is 5.95. The molecule has 2 nitrogen and oxygen atoms in total. The van der Waals surface area contributed by atoms with Gasteiger partial charge >= 0.3 is 0 Å². The molecule has 20 heavy (non-hydrogen) atoms. The van der Waals surface area contributed by atoms with E-state index < -0.39 is 11.6 Å². The minimum absolute atomic E-state index is 0.200. The lowest BCUT2D eigenvalue weighted by Crippen LogP contribution is -2.17. The Balaban J connectivity index is 2.24. The Morgan fingerprint density at radius 1 is 1.25 bits per heavy atom. The van der Waals surface area contributed by atoms with Crippen molar-refractivity contribution in [1.82, 2.24) is 0 Å². The van der Waals surface area contributed by atoms with Crippen LogP contribution in [0.5, 0.6) is 0 Å². The van der Waals surface area contributed by atoms with E-state index in [1.54, 1.807) is 30.1 Å². The molecule has 2 aromatic rings. The Bertz CT molecular complexity index is 680. The molecule has 0 spiro atoms. The van der Waals surface area contributed by atoms with Gasteiger partial charge in [-0.2, -0.15) is 5.26 Å². The minimum atomic E-state index is -0.867. The van der Waals surface area contributed by atoms with Gasteiger partial charge < -0.3 is 4.90 Å². The monoisotopic (exact) mass is 292 g/mol. The molecular weight excluding hydrogens is 282 g/mol. The van der Waals surface area contributed by atoms with Crippen molar-refractivity contribution in [3.8, 4) is 6.07 Å². The third kappa shape index (κ3) is 2.89. The summed E-state index contributed by atoms with van der Waals surface area (Å²) < 4.78 is 26.7. The maximum Gasteiger partial charge on any atom is 0.163 e. The van der Waals surface area contributed by atoms with Crippen LogP contribution < -0.4 is 4.90 Å². The molecule has 102 valence electrons. The van der Waals surface area contributed by atoms with Gasteiger partial charge in [0.25, 0.3) is 0 Å². The van der Waals surface area contributed by atoms with Crippen LogP contribution in [0, 0.1) is 23.0 Å². The van der Waals surface area contributed by atoms with Crippen molar-refractivity contribution in [3.63, 3.8) is 0 Å². The van der Waals surface area contributed by atoms with Gasteiger partial charge in [-0.3, -0.25) is 0 Å². The van der Waals surface area contributed by atoms with Crippen molar-refractivity contribution < 1.29 is 8.78 Å². The summed E-state index contributed by atoms with van der Waals surface area (Å²) in [5.74, 6) is -1.71. The van der Waals surface area contributed by atoms with E-state index in [1.165, 1.54) is 12.1 Å². The fraction of sp³-hybridized carbons (Fsp3) is 0.133. The first kappa shape index (κ1) is 14.3. The minimum Gasteiger partial charge on any atom is -0.370 e. The van der Waals surface area contributed by atoms with Crippen LogP contribution >= 0.6 is 11.6 Å². The Hall–Kier alpha value is -2.12. The van der Waals surface area contributed by atoms with Crippen molar-refractivity contribution in [3.05, 3.63) is 64.2 Å². The molecule has 0 aromatic heterocycles. The first-order chi connectivity index (χ1) is 9.52. The lowest BCUT2D eigenvalue weighted by Gasteiger charge is -2.20. The van der Waals surface area contributed by atoms with Gasteiger partial charge in [-0.05, 0) is 24.3 Å². The molecule has 0 aliphatic rings. The number of hydrogen-bond donors (Lipinski definition) is 0. The second-order valence-electron chi connectivity index (χ2n) is 4.34. The first-order valence-electron chi connectivity index (χ1n) is 5.86. The molecule has 0 heterocycles. The molecule has 0 radical (unpaired) electrons. The highest BCUT2D eigenvalue weighted by atomic mass is 35.5. The number of nitrogens with zero attached hydrogens (tertiary/aromatic N) is 2. The Labute approximate surface area is 120 Å². The quantitative estimate of drug-likeness (QED) is 0.850. The summed E-state index contributed by atoms with van der Waals surface area (Å²) in [4.78, 5) is 1.73. The summed E-state index contributed by atoms with van der Waals surface area (Å²) in [5.41, 5.74) is 1.35. The summed E-state index contributed by atoms with van der Waals surface area (Å²) in [6.07, 6.45) is 0. The molecule has 0 aliphatic carbocycles. The summed E-state index contributed by atoms with van der Waals surface area (Å²) in [6.45, 7) is 0.200. The SMILES string of the molecule is CN(Cc1cccc(F)c1F)c1ccc(C#N)c(Cl)c1. The summed E-state index contributed by atoms with van der Waals surface area (Å²) in [5, 5.41) is 9.14. The van der Waals surface area contributed by atoms with Crippen molar-refractivity contribution in [1.29, 1.82) is 5.26 Å². The second-order valence-corrected chi connectivity index (χ2v) is 4.75. The average Bonchev–Trinajstić information content (AvgIpc) is 2.43. The van der Waals surface area contributed by atoms with Gasteiger partial charge in [-0.25, -0.2) is 8.78 Å². The molecule has 0 bridgehead atoms. The average molecular weight is 293 g/mol. The normalized spacial score (nSPS) is 10.2. The van der Waals surface area contributed by atoms with Crippen LogP contribution in [0.4, 0.5) is 14.5 Å². The van der Waals surface area contributed by atoms with E-state index >= 15 is 0 Å². The van der Waals surface area contributed by atoms with Crippen LogP contribution in [0.3, 0.4) is 0 Å². The van der Waals surface area contributed by atoms with E-state index in [1.807, 2.05) is 6.07 Å². The van der Waals surface area contributed by atoms with Crippen LogP contribution in [-0.4, -0.2) is 7.05 Å².